The number of amides is 3. The average Bonchev–Trinajstić information content (AvgIpc) is 3.63. The van der Waals surface area contributed by atoms with E-state index >= 15 is 0 Å². The second-order valence-electron chi connectivity index (χ2n) is 8.47. The molecule has 1 fully saturated rings. The van der Waals surface area contributed by atoms with E-state index in [1.165, 1.54) is 23.1 Å². The fourth-order valence-corrected chi connectivity index (χ4v) is 7.03. The first-order valence-corrected chi connectivity index (χ1v) is 14.2. The maximum absolute atomic E-state index is 13.1. The van der Waals surface area contributed by atoms with Gasteiger partial charge in [0.15, 0.2) is 5.13 Å². The van der Waals surface area contributed by atoms with Crippen molar-refractivity contribution in [3.63, 3.8) is 0 Å². The van der Waals surface area contributed by atoms with E-state index in [-0.39, 0.29) is 29.0 Å². The zero-order valence-electron chi connectivity index (χ0n) is 20.5. The zero-order valence-corrected chi connectivity index (χ0v) is 22.9. The number of rotatable bonds is 11. The minimum Gasteiger partial charge on any atom is -0.543 e. The molecule has 0 saturated carbocycles. The van der Waals surface area contributed by atoms with E-state index in [2.05, 4.69) is 30.0 Å². The highest BCUT2D eigenvalue weighted by molar-refractivity contribution is 8.00. The van der Waals surface area contributed by atoms with Gasteiger partial charge in [0.05, 0.1) is 11.7 Å². The Morgan fingerprint density at radius 2 is 2.27 bits per heavy atom. The van der Waals surface area contributed by atoms with Crippen LogP contribution >= 0.6 is 34.6 Å². The van der Waals surface area contributed by atoms with Crippen LogP contribution in [0.1, 0.15) is 24.6 Å². The normalized spacial score (nSPS) is 19.7. The lowest BCUT2D eigenvalue weighted by molar-refractivity contribution is -0.696. The molecule has 210 valence electrons. The van der Waals surface area contributed by atoms with Gasteiger partial charge < -0.3 is 31.1 Å². The number of carboxylic acids is 1. The molecule has 4 N–H and O–H groups in total. The molecule has 3 aromatic rings. The second kappa shape index (κ2) is 11.2. The first-order chi connectivity index (χ1) is 19.2. The number of hydrogen-bond donors (Lipinski definition) is 3. The molecule has 0 spiro atoms. The summed E-state index contributed by atoms with van der Waals surface area (Å²) in [6, 6.07) is -1.50. The van der Waals surface area contributed by atoms with Crippen LogP contribution in [0.15, 0.2) is 34.2 Å². The van der Waals surface area contributed by atoms with E-state index in [4.69, 9.17) is 5.73 Å². The Labute approximate surface area is 236 Å². The smallest absolute Gasteiger partial charge is 0.285 e. The predicted octanol–water partition coefficient (Wildman–Crippen LogP) is -1.72. The van der Waals surface area contributed by atoms with Crippen molar-refractivity contribution < 1.29 is 38.1 Å². The first kappa shape index (κ1) is 27.5. The second-order valence-corrected chi connectivity index (χ2v) is 11.3. The number of anilines is 1. The Kier molecular flexibility index (Phi) is 7.68. The SMILES string of the molecule is C[C@@H](NC=O)c1n2ccsc2c[n+]1CC1=C(C(=O)[O-])N2C(=O)C(NC(=O)/C(=N/OCF)c3nsc(N)n3)[C@H]2SC1. The number of carbonyl (C=O) groups excluding carboxylic acids is 4. The van der Waals surface area contributed by atoms with Crippen LogP contribution in [0.3, 0.4) is 0 Å². The molecule has 3 amide bonds. The minimum absolute atomic E-state index is 0.0289. The summed E-state index contributed by atoms with van der Waals surface area (Å²) >= 11 is 3.50. The van der Waals surface area contributed by atoms with Gasteiger partial charge in [-0.3, -0.25) is 19.3 Å². The van der Waals surface area contributed by atoms with Crippen LogP contribution in [0.5, 0.6) is 0 Å². The molecule has 3 aromatic heterocycles. The number of thioether (sulfide) groups is 1. The maximum atomic E-state index is 13.1. The van der Waals surface area contributed by atoms with E-state index in [1.54, 1.807) is 6.92 Å². The summed E-state index contributed by atoms with van der Waals surface area (Å²) in [6.45, 7) is 0.589. The number of hydrogen-bond acceptors (Lipinski definition) is 13. The Balaban J connectivity index is 1.39. The third-order valence-electron chi connectivity index (χ3n) is 6.11. The van der Waals surface area contributed by atoms with Crippen molar-refractivity contribution in [2.24, 2.45) is 5.16 Å². The number of aliphatic carboxylic acids is 1. The number of oxime groups is 1. The number of β-lactam (4-membered cyclic amide) rings is 1. The quantitative estimate of drug-likeness (QED) is 0.0738. The lowest BCUT2D eigenvalue weighted by Gasteiger charge is -2.50. The number of alkyl halides is 1. The third kappa shape index (κ3) is 4.86. The van der Waals surface area contributed by atoms with Gasteiger partial charge in [0.2, 0.25) is 22.8 Å². The Morgan fingerprint density at radius 1 is 1.48 bits per heavy atom. The number of nitrogens with zero attached hydrogens (tertiary/aromatic N) is 6. The molecule has 0 aliphatic carbocycles. The lowest BCUT2D eigenvalue weighted by Crippen LogP contribution is -2.71. The van der Waals surface area contributed by atoms with E-state index < -0.39 is 47.8 Å². The van der Waals surface area contributed by atoms with E-state index in [1.807, 2.05) is 26.7 Å². The third-order valence-corrected chi connectivity index (χ3v) is 8.79. The van der Waals surface area contributed by atoms with Gasteiger partial charge in [0, 0.05) is 28.2 Å². The van der Waals surface area contributed by atoms with Gasteiger partial charge >= 0.3 is 0 Å². The molecular formula is C21H20FN9O6S3. The monoisotopic (exact) mass is 609 g/mol. The maximum Gasteiger partial charge on any atom is 0.285 e. The minimum atomic E-state index is -1.54. The molecule has 5 heterocycles. The van der Waals surface area contributed by atoms with Gasteiger partial charge in [-0.2, -0.15) is 13.8 Å². The number of carboxylic acid groups (broad SMARTS) is 1. The van der Waals surface area contributed by atoms with Crippen LogP contribution in [0.25, 0.3) is 4.83 Å². The van der Waals surface area contributed by atoms with Crippen molar-refractivity contribution in [3.05, 3.63) is 40.7 Å². The summed E-state index contributed by atoms with van der Waals surface area (Å²) in [5, 5.41) is 22.0. The van der Waals surface area contributed by atoms with Gasteiger partial charge in [0.1, 0.15) is 36.4 Å². The molecule has 3 atom stereocenters. The van der Waals surface area contributed by atoms with Crippen molar-refractivity contribution >= 4 is 74.5 Å². The van der Waals surface area contributed by atoms with Crippen molar-refractivity contribution in [2.45, 2.75) is 30.9 Å². The zero-order chi connectivity index (χ0) is 28.6. The van der Waals surface area contributed by atoms with E-state index in [0.29, 0.717) is 17.8 Å². The fraction of sp³-hybridized carbons (Fsp3) is 0.333. The molecule has 2 aliphatic rings. The number of imidazole rings is 1. The number of nitrogens with one attached hydrogen (secondary N) is 2. The molecule has 1 saturated heterocycles. The van der Waals surface area contributed by atoms with Crippen LogP contribution < -0.4 is 26.0 Å². The number of carbonyl (C=O) groups is 4. The highest BCUT2D eigenvalue weighted by Crippen LogP contribution is 2.40. The molecule has 15 nitrogen and oxygen atoms in total. The number of nitrogen functional groups attached to an aromatic ring is 1. The molecule has 1 unspecified atom stereocenters. The molecule has 19 heteroatoms. The Morgan fingerprint density at radius 3 is 2.95 bits per heavy atom. The number of nitrogens with two attached hydrogens (primary N) is 1. The molecule has 0 aromatic carbocycles. The van der Waals surface area contributed by atoms with E-state index in [0.717, 1.165) is 21.3 Å². The summed E-state index contributed by atoms with van der Waals surface area (Å²) in [7, 11) is 0. The van der Waals surface area contributed by atoms with Gasteiger partial charge in [-0.05, 0) is 6.92 Å². The van der Waals surface area contributed by atoms with Crippen molar-refractivity contribution in [1.29, 1.82) is 0 Å². The lowest BCUT2D eigenvalue weighted by atomic mass is 10.0. The molecule has 0 radical (unpaired) electrons. The Hall–Kier alpha value is -4.10. The molecule has 5 rings (SSSR count). The standard InChI is InChI=1S/C21H20FN9O6S3/c1-9(24-8-32)17-29(5-11-30(17)2-3-38-11)4-10-6-39-19-13(18(34)31(19)14(10)20(35)36)25-16(33)12(27-37-7-22)15-26-21(23)40-28-15/h2-3,5,8-9,13,19H,4,6-7H2,1H3,(H4-,23,24,25,26,28,32,33,35,36)/b27-12+/t9-,13?,19-/m1/s1. The number of fused-ring (bicyclic) bond motifs is 2. The van der Waals surface area contributed by atoms with Gasteiger partial charge in [-0.15, -0.1) is 11.8 Å². The topological polar surface area (TPSA) is 200 Å². The highest BCUT2D eigenvalue weighted by Gasteiger charge is 2.53. The first-order valence-electron chi connectivity index (χ1n) is 11.5. The van der Waals surface area contributed by atoms with Crippen molar-refractivity contribution in [1.82, 2.24) is 29.3 Å². The summed E-state index contributed by atoms with van der Waals surface area (Å²) in [6.07, 6.45) is 4.26. The molecule has 40 heavy (non-hydrogen) atoms. The van der Waals surface area contributed by atoms with Crippen molar-refractivity contribution in [2.75, 3.05) is 18.3 Å². The van der Waals surface area contributed by atoms with Crippen LogP contribution in [0, 0.1) is 0 Å². The predicted molar refractivity (Wildman–Crippen MR) is 138 cm³/mol. The molecule has 0 bridgehead atoms. The van der Waals surface area contributed by atoms with Crippen LogP contribution in [-0.4, -0.2) is 72.6 Å². The number of halogens is 1. The summed E-state index contributed by atoms with van der Waals surface area (Å²) in [5.74, 6) is -2.45. The largest absolute Gasteiger partial charge is 0.543 e. The number of thiazole rings is 1. The van der Waals surface area contributed by atoms with Gasteiger partial charge in [0.25, 0.3) is 24.5 Å². The molecule has 2 aliphatic heterocycles. The van der Waals surface area contributed by atoms with Gasteiger partial charge in [-0.1, -0.05) is 16.5 Å². The fourth-order valence-electron chi connectivity index (χ4n) is 4.48. The van der Waals surface area contributed by atoms with Crippen molar-refractivity contribution in [3.8, 4) is 0 Å². The number of aromatic nitrogens is 4. The van der Waals surface area contributed by atoms with Gasteiger partial charge in [-0.25, -0.2) is 8.96 Å². The van der Waals surface area contributed by atoms with Crippen LogP contribution in [-0.2, 0) is 30.6 Å². The Bertz CT molecular complexity index is 1570. The average molecular weight is 610 g/mol. The van der Waals surface area contributed by atoms with E-state index in [9.17, 15) is 28.7 Å². The summed E-state index contributed by atoms with van der Waals surface area (Å²) in [4.78, 5) is 59.5. The van der Waals surface area contributed by atoms with Crippen LogP contribution in [0.4, 0.5) is 9.52 Å². The highest BCUT2D eigenvalue weighted by atomic mass is 32.2. The summed E-state index contributed by atoms with van der Waals surface area (Å²) < 4.78 is 20.1. The van der Waals surface area contributed by atoms with Crippen LogP contribution in [0.2, 0.25) is 0 Å². The molecular weight excluding hydrogens is 589 g/mol. The summed E-state index contributed by atoms with van der Waals surface area (Å²) in [5.41, 5.74) is 5.19.